The van der Waals surface area contributed by atoms with Crippen molar-refractivity contribution in [3.05, 3.63) is 0 Å². The maximum Gasteiger partial charge on any atom is 0.220 e. The molecule has 17 heteroatoms. The summed E-state index contributed by atoms with van der Waals surface area (Å²) < 4.78 is 34.4. The standard InChI is InChI=1S/C22H43N5O6.C7H16N2O4/c1-12(9-23)6-19(29)27-13-7-17(26)21(33-22-16(25)4-2-14(10-24)31-22)18(8-13)32-20-5-3-15(11-28)30-20;1-12-7-4(9)6(11)5(10)3(2-8)13-7/h12-18,20-22,28H,2-11,23-26H2,1H3,(H,27,29);3-7,10-11H,2,8-9H2,1H3/t12?,13?,14?,15?,16-,17?,18?,20?,21-,22-;3-,4+,5+,6?,7-/m10/s1. The zero-order chi connectivity index (χ0) is 34.0. The van der Waals surface area contributed by atoms with E-state index in [4.69, 9.17) is 62.8 Å². The third-order valence-corrected chi connectivity index (χ3v) is 9.03. The van der Waals surface area contributed by atoms with Crippen molar-refractivity contribution in [3.8, 4) is 0 Å². The van der Waals surface area contributed by atoms with Gasteiger partial charge >= 0.3 is 0 Å². The number of hydrogen-bond acceptors (Lipinski definition) is 16. The van der Waals surface area contributed by atoms with Crippen LogP contribution in [0.5, 0.6) is 0 Å². The molecule has 270 valence electrons. The molecule has 15 atom stereocenters. The maximum absolute atomic E-state index is 12.5. The van der Waals surface area contributed by atoms with Gasteiger partial charge in [0.1, 0.15) is 24.4 Å². The predicted molar refractivity (Wildman–Crippen MR) is 166 cm³/mol. The summed E-state index contributed by atoms with van der Waals surface area (Å²) in [5.74, 6) is 0.0530. The molecule has 1 aliphatic carbocycles. The number of nitrogens with two attached hydrogens (primary N) is 6. The van der Waals surface area contributed by atoms with Crippen molar-refractivity contribution >= 4 is 5.91 Å². The minimum atomic E-state index is -1.06. The van der Waals surface area contributed by atoms with Crippen molar-refractivity contribution in [3.63, 3.8) is 0 Å². The van der Waals surface area contributed by atoms with E-state index in [9.17, 15) is 20.1 Å². The summed E-state index contributed by atoms with van der Waals surface area (Å²) in [5, 5.41) is 31.4. The fourth-order valence-electron chi connectivity index (χ4n) is 6.17. The van der Waals surface area contributed by atoms with Crippen LogP contribution in [-0.2, 0) is 33.2 Å². The van der Waals surface area contributed by atoms with Gasteiger partial charge < -0.3 is 83.5 Å². The summed E-state index contributed by atoms with van der Waals surface area (Å²) in [6.45, 7) is 2.86. The van der Waals surface area contributed by atoms with Crippen LogP contribution < -0.4 is 39.7 Å². The molecule has 16 N–H and O–H groups in total. The molecule has 1 amide bonds. The second-order valence-corrected chi connectivity index (χ2v) is 12.8. The van der Waals surface area contributed by atoms with Crippen molar-refractivity contribution in [1.82, 2.24) is 5.32 Å². The van der Waals surface area contributed by atoms with Crippen LogP contribution >= 0.6 is 0 Å². The van der Waals surface area contributed by atoms with Gasteiger partial charge in [-0.1, -0.05) is 6.92 Å². The number of ether oxygens (including phenoxy) is 6. The highest BCUT2D eigenvalue weighted by atomic mass is 16.7. The van der Waals surface area contributed by atoms with Crippen molar-refractivity contribution in [2.45, 2.75) is 138 Å². The Bertz CT molecular complexity index is 879. The van der Waals surface area contributed by atoms with Crippen LogP contribution in [0.15, 0.2) is 0 Å². The minimum absolute atomic E-state index is 0.0484. The molecule has 3 aliphatic heterocycles. The molecular weight excluding hydrogens is 606 g/mol. The van der Waals surface area contributed by atoms with Crippen LogP contribution in [0.3, 0.4) is 0 Å². The molecule has 0 aromatic carbocycles. The molecule has 17 nitrogen and oxygen atoms in total. The predicted octanol–water partition coefficient (Wildman–Crippen LogP) is -4.00. The first-order valence-electron chi connectivity index (χ1n) is 16.4. The molecule has 0 aromatic heterocycles. The Morgan fingerprint density at radius 3 is 2.22 bits per heavy atom. The average molecular weight is 666 g/mol. The Kier molecular flexibility index (Phi) is 16.4. The van der Waals surface area contributed by atoms with E-state index in [-0.39, 0.29) is 49.3 Å². The Hall–Kier alpha value is -1.13. The van der Waals surface area contributed by atoms with Gasteiger partial charge in [-0.25, -0.2) is 0 Å². The number of rotatable bonds is 12. The monoisotopic (exact) mass is 665 g/mol. The molecule has 8 unspecified atom stereocenters. The summed E-state index contributed by atoms with van der Waals surface area (Å²) in [7, 11) is 1.42. The van der Waals surface area contributed by atoms with Gasteiger partial charge in [0.25, 0.3) is 0 Å². The quantitative estimate of drug-likeness (QED) is 0.0950. The van der Waals surface area contributed by atoms with Gasteiger partial charge in [0, 0.05) is 45.1 Å². The fourth-order valence-corrected chi connectivity index (χ4v) is 6.17. The molecule has 3 saturated heterocycles. The van der Waals surface area contributed by atoms with E-state index < -0.39 is 61.5 Å². The van der Waals surface area contributed by atoms with E-state index in [2.05, 4.69) is 5.32 Å². The Morgan fingerprint density at radius 1 is 0.891 bits per heavy atom. The highest BCUT2D eigenvalue weighted by molar-refractivity contribution is 5.76. The van der Waals surface area contributed by atoms with E-state index in [1.807, 2.05) is 6.92 Å². The molecule has 1 saturated carbocycles. The van der Waals surface area contributed by atoms with Crippen LogP contribution in [-0.4, -0.2) is 140 Å². The van der Waals surface area contributed by atoms with Crippen molar-refractivity contribution < 1.29 is 48.5 Å². The number of aliphatic hydroxyl groups excluding tert-OH is 3. The molecule has 3 heterocycles. The summed E-state index contributed by atoms with van der Waals surface area (Å²) in [6.07, 6.45) is -1.43. The van der Waals surface area contributed by atoms with Gasteiger partial charge in [-0.05, 0) is 44.6 Å². The van der Waals surface area contributed by atoms with Gasteiger partial charge in [-0.2, -0.15) is 0 Å². The number of carbonyl (C=O) groups excluding carboxylic acids is 1. The zero-order valence-electron chi connectivity index (χ0n) is 27.1. The lowest BCUT2D eigenvalue weighted by atomic mass is 9.86. The van der Waals surface area contributed by atoms with Crippen molar-refractivity contribution in [1.29, 1.82) is 0 Å². The number of hydrogen-bond donors (Lipinski definition) is 10. The summed E-state index contributed by atoms with van der Waals surface area (Å²) in [5.41, 5.74) is 35.1. The molecule has 0 aromatic rings. The molecule has 4 rings (SSSR count). The molecular formula is C29H59N7O10. The highest BCUT2D eigenvalue weighted by Crippen LogP contribution is 2.31. The van der Waals surface area contributed by atoms with E-state index >= 15 is 0 Å². The molecule has 4 fully saturated rings. The van der Waals surface area contributed by atoms with Gasteiger partial charge in [0.15, 0.2) is 18.9 Å². The first-order chi connectivity index (χ1) is 21.9. The Labute approximate surface area is 271 Å². The van der Waals surface area contributed by atoms with Crippen LogP contribution in [0.1, 0.15) is 51.9 Å². The number of aliphatic hydroxyl groups is 3. The number of carbonyl (C=O) groups is 1. The molecule has 4 aliphatic rings. The SMILES string of the molecule is CC(CN)CC(=O)NC1CC(N)[C@@H](O[C@H]2OC(CN)CC[C@H]2N)C(OC2CCC(CO)O2)C1.CO[C@H]1O[C@@H](CN)[C@@H](O)C(O)[C@H]1N. The van der Waals surface area contributed by atoms with Crippen molar-refractivity contribution in [2.24, 2.45) is 40.3 Å². The van der Waals surface area contributed by atoms with E-state index in [0.717, 1.165) is 19.3 Å². The third-order valence-electron chi connectivity index (χ3n) is 9.03. The van der Waals surface area contributed by atoms with Gasteiger partial charge in [0.2, 0.25) is 5.91 Å². The number of amides is 1. The number of nitrogens with one attached hydrogen (secondary N) is 1. The molecule has 0 radical (unpaired) electrons. The molecule has 0 spiro atoms. The van der Waals surface area contributed by atoms with Gasteiger partial charge in [0.05, 0.1) is 37.0 Å². The van der Waals surface area contributed by atoms with E-state index in [1.54, 1.807) is 0 Å². The maximum atomic E-state index is 12.5. The van der Waals surface area contributed by atoms with Crippen LogP contribution in [0.2, 0.25) is 0 Å². The normalized spacial score (nSPS) is 42.2. The van der Waals surface area contributed by atoms with Crippen molar-refractivity contribution in [2.75, 3.05) is 33.4 Å². The summed E-state index contributed by atoms with van der Waals surface area (Å²) in [6, 6.07) is -1.58. The lowest BCUT2D eigenvalue weighted by Gasteiger charge is -2.44. The minimum Gasteiger partial charge on any atom is -0.394 e. The van der Waals surface area contributed by atoms with E-state index in [0.29, 0.717) is 38.8 Å². The topological polar surface area (TPSA) is 301 Å². The largest absolute Gasteiger partial charge is 0.394 e. The lowest BCUT2D eigenvalue weighted by Crippen LogP contribution is -2.62. The van der Waals surface area contributed by atoms with Crippen LogP contribution in [0.4, 0.5) is 0 Å². The van der Waals surface area contributed by atoms with Crippen LogP contribution in [0, 0.1) is 5.92 Å². The number of methoxy groups -OCH3 is 1. The van der Waals surface area contributed by atoms with Gasteiger partial charge in [-0.3, -0.25) is 4.79 Å². The molecule has 46 heavy (non-hydrogen) atoms. The highest BCUT2D eigenvalue weighted by Gasteiger charge is 2.44. The third kappa shape index (κ3) is 10.9. The second-order valence-electron chi connectivity index (χ2n) is 12.8. The zero-order valence-corrected chi connectivity index (χ0v) is 27.1. The smallest absolute Gasteiger partial charge is 0.220 e. The van der Waals surface area contributed by atoms with E-state index in [1.165, 1.54) is 7.11 Å². The average Bonchev–Trinajstić information content (AvgIpc) is 3.50. The van der Waals surface area contributed by atoms with Gasteiger partial charge in [-0.15, -0.1) is 0 Å². The van der Waals surface area contributed by atoms with Crippen LogP contribution in [0.25, 0.3) is 0 Å². The second kappa shape index (κ2) is 19.2. The lowest BCUT2D eigenvalue weighted by molar-refractivity contribution is -0.266. The first-order valence-corrected chi connectivity index (χ1v) is 16.4. The summed E-state index contributed by atoms with van der Waals surface area (Å²) >= 11 is 0. The first kappa shape index (κ1) is 39.3. The Morgan fingerprint density at radius 2 is 1.61 bits per heavy atom. The Balaban J connectivity index is 0.000000370. The fraction of sp³-hybridized carbons (Fsp3) is 0.966. The molecule has 0 bridgehead atoms. The summed E-state index contributed by atoms with van der Waals surface area (Å²) in [4.78, 5) is 12.5.